The van der Waals surface area contributed by atoms with E-state index < -0.39 is 5.97 Å². The average molecular weight is 331 g/mol. The number of aryl methyl sites for hydroxylation is 1. The Morgan fingerprint density at radius 1 is 1.04 bits per heavy atom. The second-order valence-electron chi connectivity index (χ2n) is 5.46. The Labute approximate surface area is 140 Å². The molecular formula is C18H21NO3S. The monoisotopic (exact) mass is 331 g/mol. The summed E-state index contributed by atoms with van der Waals surface area (Å²) in [5.74, 6) is -0.851. The number of thiophene rings is 1. The van der Waals surface area contributed by atoms with Crippen molar-refractivity contribution in [2.75, 3.05) is 5.32 Å². The van der Waals surface area contributed by atoms with Crippen molar-refractivity contribution in [1.29, 1.82) is 0 Å². The number of carbonyl (C=O) groups is 2. The topological polar surface area (TPSA) is 66.4 Å². The number of aliphatic carboxylic acids is 1. The van der Waals surface area contributed by atoms with Crippen molar-refractivity contribution in [2.45, 2.75) is 38.5 Å². The van der Waals surface area contributed by atoms with Crippen LogP contribution in [0.3, 0.4) is 0 Å². The molecule has 0 aliphatic carbocycles. The zero-order valence-corrected chi connectivity index (χ0v) is 13.8. The molecule has 1 aromatic heterocycles. The van der Waals surface area contributed by atoms with Crippen LogP contribution in [0.25, 0.3) is 0 Å². The number of carbonyl (C=O) groups excluding carboxylic acids is 1. The van der Waals surface area contributed by atoms with E-state index in [1.807, 2.05) is 0 Å². The Morgan fingerprint density at radius 3 is 2.48 bits per heavy atom. The van der Waals surface area contributed by atoms with Gasteiger partial charge in [0.25, 0.3) is 0 Å². The molecule has 2 N–H and O–H groups in total. The van der Waals surface area contributed by atoms with Gasteiger partial charge in [0.1, 0.15) is 0 Å². The number of rotatable bonds is 9. The van der Waals surface area contributed by atoms with Crippen LogP contribution in [0, 0.1) is 0 Å². The molecular weight excluding hydrogens is 310 g/mol. The first-order valence-corrected chi connectivity index (χ1v) is 8.64. The molecule has 122 valence electrons. The maximum Gasteiger partial charge on any atom is 0.307 e. The Balaban J connectivity index is 1.63. The largest absolute Gasteiger partial charge is 0.481 e. The van der Waals surface area contributed by atoms with Gasteiger partial charge in [0.15, 0.2) is 0 Å². The standard InChI is InChI=1S/C18H21NO3S/c20-17(7-3-1-2-5-16-6-4-12-23-16)19-15-10-8-14(9-11-15)13-18(21)22/h4,6,8-12H,1-3,5,7,13H2,(H,19,20)(H,21,22). The lowest BCUT2D eigenvalue weighted by atomic mass is 10.1. The average Bonchev–Trinajstić information content (AvgIpc) is 3.02. The molecule has 5 heteroatoms. The summed E-state index contributed by atoms with van der Waals surface area (Å²) in [5, 5.41) is 13.6. The summed E-state index contributed by atoms with van der Waals surface area (Å²) in [4.78, 5) is 23.9. The highest BCUT2D eigenvalue weighted by Gasteiger charge is 2.04. The van der Waals surface area contributed by atoms with Crippen molar-refractivity contribution in [2.24, 2.45) is 0 Å². The molecule has 0 aliphatic heterocycles. The Kier molecular flexibility index (Phi) is 6.81. The van der Waals surface area contributed by atoms with Crippen LogP contribution in [-0.4, -0.2) is 17.0 Å². The summed E-state index contributed by atoms with van der Waals surface area (Å²) >= 11 is 1.78. The quantitative estimate of drug-likeness (QED) is 0.679. The fourth-order valence-electron chi connectivity index (χ4n) is 2.32. The number of carboxylic acid groups (broad SMARTS) is 1. The first-order chi connectivity index (χ1) is 11.1. The lowest BCUT2D eigenvalue weighted by Crippen LogP contribution is -2.11. The van der Waals surface area contributed by atoms with E-state index in [4.69, 9.17) is 5.11 Å². The molecule has 2 rings (SSSR count). The van der Waals surface area contributed by atoms with Crippen molar-refractivity contribution >= 4 is 28.9 Å². The number of amides is 1. The molecule has 4 nitrogen and oxygen atoms in total. The van der Waals surface area contributed by atoms with Gasteiger partial charge in [-0.15, -0.1) is 11.3 Å². The minimum Gasteiger partial charge on any atom is -0.481 e. The van der Waals surface area contributed by atoms with E-state index in [0.717, 1.165) is 31.2 Å². The van der Waals surface area contributed by atoms with Crippen LogP contribution in [0.4, 0.5) is 5.69 Å². The number of hydrogen-bond donors (Lipinski definition) is 2. The molecule has 0 aliphatic rings. The number of carboxylic acids is 1. The molecule has 0 bridgehead atoms. The molecule has 0 atom stereocenters. The molecule has 1 heterocycles. The third-order valence-electron chi connectivity index (χ3n) is 3.50. The zero-order chi connectivity index (χ0) is 16.5. The van der Waals surface area contributed by atoms with Crippen LogP contribution in [0.5, 0.6) is 0 Å². The number of nitrogens with one attached hydrogen (secondary N) is 1. The second-order valence-corrected chi connectivity index (χ2v) is 6.49. The molecule has 0 unspecified atom stereocenters. The van der Waals surface area contributed by atoms with E-state index in [2.05, 4.69) is 22.8 Å². The molecule has 23 heavy (non-hydrogen) atoms. The Morgan fingerprint density at radius 2 is 1.83 bits per heavy atom. The van der Waals surface area contributed by atoms with Gasteiger partial charge in [-0.25, -0.2) is 0 Å². The van der Waals surface area contributed by atoms with Crippen molar-refractivity contribution in [3.8, 4) is 0 Å². The van der Waals surface area contributed by atoms with Gasteiger partial charge in [0.05, 0.1) is 6.42 Å². The van der Waals surface area contributed by atoms with Gasteiger partial charge in [-0.2, -0.15) is 0 Å². The number of hydrogen-bond acceptors (Lipinski definition) is 3. The normalized spacial score (nSPS) is 10.4. The van der Waals surface area contributed by atoms with Crippen molar-refractivity contribution in [3.63, 3.8) is 0 Å². The smallest absolute Gasteiger partial charge is 0.307 e. The van der Waals surface area contributed by atoms with E-state index in [1.54, 1.807) is 35.6 Å². The van der Waals surface area contributed by atoms with Gasteiger partial charge in [0.2, 0.25) is 5.91 Å². The van der Waals surface area contributed by atoms with E-state index in [9.17, 15) is 9.59 Å². The SMILES string of the molecule is O=C(O)Cc1ccc(NC(=O)CCCCCc2cccs2)cc1. The van der Waals surface area contributed by atoms with E-state index in [1.165, 1.54) is 4.88 Å². The summed E-state index contributed by atoms with van der Waals surface area (Å²) in [5.41, 5.74) is 1.44. The highest BCUT2D eigenvalue weighted by Crippen LogP contribution is 2.14. The minimum absolute atomic E-state index is 0.00152. The predicted octanol–water partition coefficient (Wildman–Crippen LogP) is 4.12. The lowest BCUT2D eigenvalue weighted by Gasteiger charge is -2.06. The van der Waals surface area contributed by atoms with Gasteiger partial charge in [-0.05, 0) is 48.4 Å². The molecule has 2 aromatic rings. The van der Waals surface area contributed by atoms with Crippen LogP contribution in [-0.2, 0) is 22.4 Å². The third-order valence-corrected chi connectivity index (χ3v) is 4.44. The van der Waals surface area contributed by atoms with Gasteiger partial charge in [-0.3, -0.25) is 9.59 Å². The molecule has 0 saturated heterocycles. The highest BCUT2D eigenvalue weighted by molar-refractivity contribution is 7.09. The lowest BCUT2D eigenvalue weighted by molar-refractivity contribution is -0.136. The molecule has 0 spiro atoms. The number of benzene rings is 1. The fourth-order valence-corrected chi connectivity index (χ4v) is 3.07. The second kappa shape index (κ2) is 9.10. The van der Waals surface area contributed by atoms with Crippen LogP contribution < -0.4 is 5.32 Å². The summed E-state index contributed by atoms with van der Waals surface area (Å²) in [7, 11) is 0. The first kappa shape index (κ1) is 17.2. The molecule has 0 radical (unpaired) electrons. The van der Waals surface area contributed by atoms with Crippen LogP contribution in [0.1, 0.15) is 36.1 Å². The van der Waals surface area contributed by atoms with Crippen LogP contribution in [0.2, 0.25) is 0 Å². The van der Waals surface area contributed by atoms with Crippen LogP contribution in [0.15, 0.2) is 41.8 Å². The Hall–Kier alpha value is -2.14. The van der Waals surface area contributed by atoms with Gasteiger partial charge >= 0.3 is 5.97 Å². The minimum atomic E-state index is -0.857. The van der Waals surface area contributed by atoms with Crippen molar-refractivity contribution in [3.05, 3.63) is 52.2 Å². The van der Waals surface area contributed by atoms with Gasteiger partial charge in [-0.1, -0.05) is 24.6 Å². The van der Waals surface area contributed by atoms with Gasteiger partial charge < -0.3 is 10.4 Å². The molecule has 1 amide bonds. The van der Waals surface area contributed by atoms with E-state index >= 15 is 0 Å². The maximum absolute atomic E-state index is 11.9. The maximum atomic E-state index is 11.9. The summed E-state index contributed by atoms with van der Waals surface area (Å²) in [6.07, 6.45) is 4.64. The summed E-state index contributed by atoms with van der Waals surface area (Å²) < 4.78 is 0. The van der Waals surface area contributed by atoms with Crippen molar-refractivity contribution in [1.82, 2.24) is 0 Å². The number of unbranched alkanes of at least 4 members (excludes halogenated alkanes) is 2. The predicted molar refractivity (Wildman–Crippen MR) is 92.9 cm³/mol. The highest BCUT2D eigenvalue weighted by atomic mass is 32.1. The zero-order valence-electron chi connectivity index (χ0n) is 13.0. The van der Waals surface area contributed by atoms with E-state index in [0.29, 0.717) is 12.1 Å². The first-order valence-electron chi connectivity index (χ1n) is 7.76. The van der Waals surface area contributed by atoms with E-state index in [-0.39, 0.29) is 12.3 Å². The third kappa shape index (κ3) is 6.65. The van der Waals surface area contributed by atoms with Crippen LogP contribution >= 0.6 is 11.3 Å². The molecule has 1 aromatic carbocycles. The van der Waals surface area contributed by atoms with Crippen molar-refractivity contribution < 1.29 is 14.7 Å². The molecule has 0 fully saturated rings. The molecule has 0 saturated carbocycles. The summed E-state index contributed by atoms with van der Waals surface area (Å²) in [6.45, 7) is 0. The Bertz CT molecular complexity index is 620. The summed E-state index contributed by atoms with van der Waals surface area (Å²) in [6, 6.07) is 11.1. The fraction of sp³-hybridized carbons (Fsp3) is 0.333. The number of anilines is 1. The van der Waals surface area contributed by atoms with Gasteiger partial charge in [0, 0.05) is 17.0 Å².